The van der Waals surface area contributed by atoms with Gasteiger partial charge in [-0.3, -0.25) is 9.69 Å². The lowest BCUT2D eigenvalue weighted by atomic mass is 9.98. The Hall–Kier alpha value is -2.88. The monoisotopic (exact) mass is 526 g/mol. The molecule has 38 heavy (non-hydrogen) atoms. The SMILES string of the molecule is COc1ccccc1N1CCN(CC[C@@H]2CC[C@H](O)[C@@H](C(=O)N3CCN(c4ccc(F)cc4)CC3)O2)CC1. The Balaban J connectivity index is 1.07. The van der Waals surface area contributed by atoms with Crippen molar-refractivity contribution < 1.29 is 23.8 Å². The third-order valence-electron chi connectivity index (χ3n) is 8.06. The van der Waals surface area contributed by atoms with Gasteiger partial charge < -0.3 is 29.3 Å². The van der Waals surface area contributed by atoms with E-state index in [2.05, 4.69) is 20.8 Å². The number of benzene rings is 2. The summed E-state index contributed by atoms with van der Waals surface area (Å²) >= 11 is 0. The molecule has 3 atom stereocenters. The molecule has 3 aliphatic heterocycles. The minimum Gasteiger partial charge on any atom is -0.495 e. The minimum absolute atomic E-state index is 0.0277. The molecule has 9 heteroatoms. The van der Waals surface area contributed by atoms with E-state index in [0.29, 0.717) is 32.6 Å². The summed E-state index contributed by atoms with van der Waals surface area (Å²) in [5, 5.41) is 10.6. The van der Waals surface area contributed by atoms with E-state index in [1.165, 1.54) is 12.1 Å². The molecule has 0 bridgehead atoms. The summed E-state index contributed by atoms with van der Waals surface area (Å²) in [6.07, 6.45) is 0.610. The van der Waals surface area contributed by atoms with E-state index in [1.54, 1.807) is 24.1 Å². The molecule has 0 unspecified atom stereocenters. The second kappa shape index (κ2) is 12.3. The first-order valence-electron chi connectivity index (χ1n) is 13.7. The minimum atomic E-state index is -0.798. The number of anilines is 2. The summed E-state index contributed by atoms with van der Waals surface area (Å²) in [5.41, 5.74) is 2.09. The number of halogens is 1. The first-order valence-corrected chi connectivity index (χ1v) is 13.7. The molecule has 3 heterocycles. The molecule has 5 rings (SSSR count). The smallest absolute Gasteiger partial charge is 0.254 e. The van der Waals surface area contributed by atoms with E-state index in [1.807, 2.05) is 18.2 Å². The number of amides is 1. The topological polar surface area (TPSA) is 68.7 Å². The van der Waals surface area contributed by atoms with E-state index in [9.17, 15) is 14.3 Å². The van der Waals surface area contributed by atoms with Crippen molar-refractivity contribution >= 4 is 17.3 Å². The fourth-order valence-electron chi connectivity index (χ4n) is 5.76. The fourth-order valence-corrected chi connectivity index (χ4v) is 5.76. The molecule has 0 saturated carbocycles. The van der Waals surface area contributed by atoms with E-state index >= 15 is 0 Å². The van der Waals surface area contributed by atoms with Gasteiger partial charge in [-0.15, -0.1) is 0 Å². The Bertz CT molecular complexity index is 1050. The van der Waals surface area contributed by atoms with Crippen LogP contribution in [0.15, 0.2) is 48.5 Å². The summed E-state index contributed by atoms with van der Waals surface area (Å²) in [5.74, 6) is 0.532. The Morgan fingerprint density at radius 3 is 2.34 bits per heavy atom. The van der Waals surface area contributed by atoms with Gasteiger partial charge in [0.1, 0.15) is 11.6 Å². The highest BCUT2D eigenvalue weighted by atomic mass is 19.1. The summed E-state index contributed by atoms with van der Waals surface area (Å²) in [6, 6.07) is 14.6. The fraction of sp³-hybridized carbons (Fsp3) is 0.552. The Labute approximate surface area is 224 Å². The van der Waals surface area contributed by atoms with E-state index in [-0.39, 0.29) is 17.8 Å². The molecule has 3 aliphatic rings. The predicted molar refractivity (Wildman–Crippen MR) is 145 cm³/mol. The van der Waals surface area contributed by atoms with Crippen LogP contribution in [-0.4, -0.2) is 105 Å². The van der Waals surface area contributed by atoms with Crippen molar-refractivity contribution in [2.24, 2.45) is 0 Å². The lowest BCUT2D eigenvalue weighted by Gasteiger charge is -2.41. The van der Waals surface area contributed by atoms with Crippen LogP contribution < -0.4 is 14.5 Å². The highest BCUT2D eigenvalue weighted by molar-refractivity contribution is 5.82. The molecule has 3 fully saturated rings. The maximum absolute atomic E-state index is 13.3. The van der Waals surface area contributed by atoms with Gasteiger partial charge in [-0.2, -0.15) is 0 Å². The molecule has 0 aromatic heterocycles. The zero-order valence-electron chi connectivity index (χ0n) is 22.2. The lowest BCUT2D eigenvalue weighted by molar-refractivity contribution is -0.168. The quantitative estimate of drug-likeness (QED) is 0.595. The van der Waals surface area contributed by atoms with Gasteiger partial charge in [-0.25, -0.2) is 4.39 Å². The number of rotatable bonds is 7. The van der Waals surface area contributed by atoms with Crippen molar-refractivity contribution in [3.05, 3.63) is 54.3 Å². The number of aliphatic hydroxyl groups is 1. The van der Waals surface area contributed by atoms with Crippen LogP contribution in [0.1, 0.15) is 19.3 Å². The Morgan fingerprint density at radius 2 is 1.63 bits per heavy atom. The third-order valence-corrected chi connectivity index (χ3v) is 8.06. The molecular formula is C29H39FN4O4. The van der Waals surface area contributed by atoms with Crippen molar-refractivity contribution in [1.82, 2.24) is 9.80 Å². The first kappa shape index (κ1) is 26.7. The largest absolute Gasteiger partial charge is 0.495 e. The number of ether oxygens (including phenoxy) is 2. The number of carbonyl (C=O) groups is 1. The van der Waals surface area contributed by atoms with Gasteiger partial charge >= 0.3 is 0 Å². The molecule has 2 aromatic rings. The van der Waals surface area contributed by atoms with Crippen LogP contribution in [0.4, 0.5) is 15.8 Å². The molecule has 0 spiro atoms. The molecule has 206 valence electrons. The van der Waals surface area contributed by atoms with Gasteiger partial charge in [0.15, 0.2) is 6.10 Å². The maximum atomic E-state index is 13.3. The zero-order chi connectivity index (χ0) is 26.5. The van der Waals surface area contributed by atoms with Crippen LogP contribution in [0.5, 0.6) is 5.75 Å². The molecule has 3 saturated heterocycles. The Morgan fingerprint density at radius 1 is 0.947 bits per heavy atom. The lowest BCUT2D eigenvalue weighted by Crippen LogP contribution is -2.56. The predicted octanol–water partition coefficient (Wildman–Crippen LogP) is 2.60. The van der Waals surface area contributed by atoms with Crippen molar-refractivity contribution in [3.8, 4) is 5.75 Å². The molecule has 0 radical (unpaired) electrons. The van der Waals surface area contributed by atoms with Gasteiger partial charge in [0, 0.05) is 64.6 Å². The third kappa shape index (κ3) is 6.22. The number of hydrogen-bond acceptors (Lipinski definition) is 7. The van der Waals surface area contributed by atoms with Gasteiger partial charge in [0.25, 0.3) is 5.91 Å². The number of piperazine rings is 2. The number of aliphatic hydroxyl groups excluding tert-OH is 1. The normalized spacial score (nSPS) is 24.9. The molecule has 1 N–H and O–H groups in total. The van der Waals surface area contributed by atoms with Crippen LogP contribution in [0.3, 0.4) is 0 Å². The number of carbonyl (C=O) groups excluding carboxylic acids is 1. The van der Waals surface area contributed by atoms with Gasteiger partial charge in [0.2, 0.25) is 0 Å². The van der Waals surface area contributed by atoms with Gasteiger partial charge in [-0.05, 0) is 55.7 Å². The van der Waals surface area contributed by atoms with Gasteiger partial charge in [0.05, 0.1) is 25.0 Å². The molecule has 8 nitrogen and oxygen atoms in total. The van der Waals surface area contributed by atoms with Crippen LogP contribution in [0.25, 0.3) is 0 Å². The van der Waals surface area contributed by atoms with Crippen molar-refractivity contribution in [2.75, 3.05) is 75.8 Å². The molecule has 1 amide bonds. The highest BCUT2D eigenvalue weighted by Gasteiger charge is 2.38. The molecule has 2 aromatic carbocycles. The van der Waals surface area contributed by atoms with Crippen molar-refractivity contribution in [3.63, 3.8) is 0 Å². The van der Waals surface area contributed by atoms with Crippen molar-refractivity contribution in [1.29, 1.82) is 0 Å². The number of methoxy groups -OCH3 is 1. The standard InChI is InChI=1S/C29H39FN4O4/c1-37-27-5-3-2-4-25(27)33-16-14-31(15-17-33)13-12-24-10-11-26(35)28(38-24)29(36)34-20-18-32(19-21-34)23-8-6-22(30)7-9-23/h2-9,24,26,28,35H,10-21H2,1H3/t24-,26-,28-/m0/s1. The van der Waals surface area contributed by atoms with Gasteiger partial charge in [-0.1, -0.05) is 12.1 Å². The summed E-state index contributed by atoms with van der Waals surface area (Å²) in [6.45, 7) is 7.19. The van der Waals surface area contributed by atoms with E-state index in [4.69, 9.17) is 9.47 Å². The first-order chi connectivity index (χ1) is 18.5. The second-order valence-corrected chi connectivity index (χ2v) is 10.4. The van der Waals surface area contributed by atoms with E-state index in [0.717, 1.165) is 62.7 Å². The van der Waals surface area contributed by atoms with E-state index < -0.39 is 12.2 Å². The zero-order valence-corrected chi connectivity index (χ0v) is 22.2. The molecule has 0 aliphatic carbocycles. The Kier molecular flexibility index (Phi) is 8.66. The van der Waals surface area contributed by atoms with Crippen molar-refractivity contribution in [2.45, 2.75) is 37.6 Å². The average molecular weight is 527 g/mol. The van der Waals surface area contributed by atoms with Crippen LogP contribution in [0, 0.1) is 5.82 Å². The summed E-state index contributed by atoms with van der Waals surface area (Å²) in [4.78, 5) is 22.0. The average Bonchev–Trinajstić information content (AvgIpc) is 2.97. The summed E-state index contributed by atoms with van der Waals surface area (Å²) in [7, 11) is 1.71. The highest BCUT2D eigenvalue weighted by Crippen LogP contribution is 2.29. The molecular weight excluding hydrogens is 487 g/mol. The number of para-hydroxylation sites is 2. The van der Waals surface area contributed by atoms with Crippen LogP contribution in [0.2, 0.25) is 0 Å². The second-order valence-electron chi connectivity index (χ2n) is 10.4. The van der Waals surface area contributed by atoms with Crippen LogP contribution >= 0.6 is 0 Å². The summed E-state index contributed by atoms with van der Waals surface area (Å²) < 4.78 is 25.0. The number of nitrogens with zero attached hydrogens (tertiary/aromatic N) is 4. The number of hydrogen-bond donors (Lipinski definition) is 1. The maximum Gasteiger partial charge on any atom is 0.254 e. The van der Waals surface area contributed by atoms with Crippen LogP contribution in [-0.2, 0) is 9.53 Å².